The minimum atomic E-state index is 0.988. The van der Waals surface area contributed by atoms with Crippen molar-refractivity contribution >= 4 is 53.9 Å². The molecular weight excluding hydrogens is 532 g/mol. The molecule has 0 aliphatic rings. The molecule has 0 bridgehead atoms. The van der Waals surface area contributed by atoms with Crippen molar-refractivity contribution in [3.63, 3.8) is 0 Å². The predicted octanol–water partition coefficient (Wildman–Crippen LogP) is 11.2. The van der Waals surface area contributed by atoms with Gasteiger partial charge in [0.05, 0.1) is 5.69 Å². The summed E-state index contributed by atoms with van der Waals surface area (Å²) in [5.41, 5.74) is 7.04. The van der Waals surface area contributed by atoms with Crippen LogP contribution in [0.25, 0.3) is 87.4 Å². The molecule has 2 heterocycles. The third-order valence-corrected chi connectivity index (χ3v) is 8.94. The van der Waals surface area contributed by atoms with Gasteiger partial charge in [0.1, 0.15) is 0 Å². The molecule has 0 N–H and O–H groups in total. The van der Waals surface area contributed by atoms with Crippen molar-refractivity contribution in [3.8, 4) is 33.5 Å². The van der Waals surface area contributed by atoms with Crippen LogP contribution in [0.2, 0.25) is 0 Å². The summed E-state index contributed by atoms with van der Waals surface area (Å²) in [6.07, 6.45) is 5.63. The molecule has 9 aromatic rings. The Kier molecular flexibility index (Phi) is 5.54. The van der Waals surface area contributed by atoms with Gasteiger partial charge in [-0.25, -0.2) is 0 Å². The summed E-state index contributed by atoms with van der Waals surface area (Å²) in [6, 6.07) is 50.8. The van der Waals surface area contributed by atoms with Crippen LogP contribution in [0.4, 0.5) is 0 Å². The highest BCUT2D eigenvalue weighted by Gasteiger charge is 2.14. The first kappa shape index (κ1) is 24.7. The van der Waals surface area contributed by atoms with Crippen molar-refractivity contribution in [2.24, 2.45) is 0 Å². The van der Waals surface area contributed by atoms with Crippen molar-refractivity contribution in [1.82, 2.24) is 9.97 Å². The molecule has 0 aliphatic heterocycles. The number of hydrogen-bond donors (Lipinski definition) is 0. The van der Waals surface area contributed by atoms with Crippen LogP contribution in [0.5, 0.6) is 0 Å². The maximum absolute atomic E-state index is 4.59. The van der Waals surface area contributed by atoms with E-state index in [2.05, 4.69) is 137 Å². The van der Waals surface area contributed by atoms with E-state index >= 15 is 0 Å². The standard InChI is InChI=1S/C42H26N2/c1-2-8-38-37(7-1)35-17-15-29(28-12-14-33-26-43-21-19-30(33)22-28)23-34(35)25-40(38)39-9-5-6-27-11-13-31-24-32(16-18-36(31)42(27)39)41-10-3-4-20-44-41/h1-26H. The lowest BCUT2D eigenvalue weighted by atomic mass is 9.88. The van der Waals surface area contributed by atoms with Crippen molar-refractivity contribution in [2.45, 2.75) is 0 Å². The Labute approximate surface area is 254 Å². The highest BCUT2D eigenvalue weighted by molar-refractivity contribution is 6.21. The van der Waals surface area contributed by atoms with E-state index in [-0.39, 0.29) is 0 Å². The van der Waals surface area contributed by atoms with Crippen molar-refractivity contribution in [2.75, 3.05) is 0 Å². The minimum Gasteiger partial charge on any atom is -0.264 e. The molecule has 0 atom stereocenters. The second-order valence-corrected chi connectivity index (χ2v) is 11.5. The van der Waals surface area contributed by atoms with Gasteiger partial charge in [-0.1, -0.05) is 97.1 Å². The molecule has 2 aromatic heterocycles. The van der Waals surface area contributed by atoms with Crippen LogP contribution in [-0.2, 0) is 0 Å². The van der Waals surface area contributed by atoms with Crippen LogP contribution in [0, 0.1) is 0 Å². The van der Waals surface area contributed by atoms with E-state index in [1.165, 1.54) is 70.7 Å². The molecular formula is C42H26N2. The Morgan fingerprint density at radius 3 is 2.02 bits per heavy atom. The second-order valence-electron chi connectivity index (χ2n) is 11.5. The van der Waals surface area contributed by atoms with Gasteiger partial charge in [-0.15, -0.1) is 0 Å². The minimum absolute atomic E-state index is 0.988. The second kappa shape index (κ2) is 9.86. The van der Waals surface area contributed by atoms with Gasteiger partial charge >= 0.3 is 0 Å². The average molecular weight is 559 g/mol. The Hall–Kier alpha value is -5.86. The van der Waals surface area contributed by atoms with Gasteiger partial charge < -0.3 is 0 Å². The van der Waals surface area contributed by atoms with E-state index in [1.54, 1.807) is 0 Å². The number of hydrogen-bond acceptors (Lipinski definition) is 2. The molecule has 204 valence electrons. The molecule has 44 heavy (non-hydrogen) atoms. The summed E-state index contributed by atoms with van der Waals surface area (Å²) in [5.74, 6) is 0. The SMILES string of the molecule is c1ccc(-c2ccc3c(ccc4cccc(-c5cc6cc(-c7ccc8cnccc8c7)ccc6c6ccccc56)c43)c2)nc1. The molecule has 0 aliphatic carbocycles. The fourth-order valence-electron chi connectivity index (χ4n) is 6.81. The van der Waals surface area contributed by atoms with Crippen molar-refractivity contribution in [1.29, 1.82) is 0 Å². The highest BCUT2D eigenvalue weighted by Crippen LogP contribution is 2.41. The fourth-order valence-corrected chi connectivity index (χ4v) is 6.81. The molecule has 0 unspecified atom stereocenters. The first-order valence-corrected chi connectivity index (χ1v) is 15.0. The van der Waals surface area contributed by atoms with Crippen LogP contribution < -0.4 is 0 Å². The summed E-state index contributed by atoms with van der Waals surface area (Å²) in [6.45, 7) is 0. The number of rotatable bonds is 3. The van der Waals surface area contributed by atoms with E-state index < -0.39 is 0 Å². The van der Waals surface area contributed by atoms with Crippen LogP contribution >= 0.6 is 0 Å². The number of benzene rings is 7. The van der Waals surface area contributed by atoms with Crippen LogP contribution in [-0.4, -0.2) is 9.97 Å². The number of fused-ring (bicyclic) bond motifs is 7. The number of nitrogens with zero attached hydrogens (tertiary/aromatic N) is 2. The molecule has 7 aromatic carbocycles. The first-order valence-electron chi connectivity index (χ1n) is 15.0. The lowest BCUT2D eigenvalue weighted by molar-refractivity contribution is 1.33. The van der Waals surface area contributed by atoms with Crippen LogP contribution in [0.1, 0.15) is 0 Å². The van der Waals surface area contributed by atoms with Crippen LogP contribution in [0.15, 0.2) is 158 Å². The van der Waals surface area contributed by atoms with Gasteiger partial charge in [-0.2, -0.15) is 0 Å². The first-order chi connectivity index (χ1) is 21.8. The Morgan fingerprint density at radius 1 is 0.364 bits per heavy atom. The molecule has 2 heteroatoms. The number of pyridine rings is 2. The van der Waals surface area contributed by atoms with Gasteiger partial charge in [0.2, 0.25) is 0 Å². The van der Waals surface area contributed by atoms with E-state index in [1.807, 2.05) is 30.7 Å². The molecule has 0 spiro atoms. The van der Waals surface area contributed by atoms with E-state index in [0.29, 0.717) is 0 Å². The summed E-state index contributed by atoms with van der Waals surface area (Å²) in [7, 11) is 0. The zero-order valence-electron chi connectivity index (χ0n) is 23.9. The molecule has 0 saturated heterocycles. The van der Waals surface area contributed by atoms with Gasteiger partial charge in [0, 0.05) is 29.5 Å². The molecule has 9 rings (SSSR count). The summed E-state index contributed by atoms with van der Waals surface area (Å²) in [4.78, 5) is 8.87. The van der Waals surface area contributed by atoms with Gasteiger partial charge in [0.25, 0.3) is 0 Å². The van der Waals surface area contributed by atoms with Gasteiger partial charge in [-0.3, -0.25) is 9.97 Å². The zero-order chi connectivity index (χ0) is 29.0. The normalized spacial score (nSPS) is 11.6. The van der Waals surface area contributed by atoms with E-state index in [4.69, 9.17) is 0 Å². The zero-order valence-corrected chi connectivity index (χ0v) is 23.9. The Bertz CT molecular complexity index is 2550. The molecule has 2 nitrogen and oxygen atoms in total. The quantitative estimate of drug-likeness (QED) is 0.202. The topological polar surface area (TPSA) is 25.8 Å². The molecule has 0 amide bonds. The van der Waals surface area contributed by atoms with Gasteiger partial charge in [-0.05, 0) is 113 Å². The van der Waals surface area contributed by atoms with Gasteiger partial charge in [0.15, 0.2) is 0 Å². The highest BCUT2D eigenvalue weighted by atomic mass is 14.7. The lowest BCUT2D eigenvalue weighted by Crippen LogP contribution is -1.89. The monoisotopic (exact) mass is 558 g/mol. The van der Waals surface area contributed by atoms with Crippen LogP contribution in [0.3, 0.4) is 0 Å². The fraction of sp³-hybridized carbons (Fsp3) is 0. The number of aromatic nitrogens is 2. The predicted molar refractivity (Wildman–Crippen MR) is 186 cm³/mol. The molecule has 0 fully saturated rings. The third-order valence-electron chi connectivity index (χ3n) is 8.94. The smallest absolute Gasteiger partial charge is 0.0702 e. The maximum Gasteiger partial charge on any atom is 0.0702 e. The maximum atomic E-state index is 4.59. The van der Waals surface area contributed by atoms with E-state index in [9.17, 15) is 0 Å². The van der Waals surface area contributed by atoms with E-state index in [0.717, 1.165) is 16.6 Å². The average Bonchev–Trinajstić information content (AvgIpc) is 3.10. The molecule has 0 radical (unpaired) electrons. The Morgan fingerprint density at radius 2 is 1.11 bits per heavy atom. The van der Waals surface area contributed by atoms with Crippen molar-refractivity contribution < 1.29 is 0 Å². The third kappa shape index (κ3) is 3.96. The summed E-state index contributed by atoms with van der Waals surface area (Å²) >= 11 is 0. The largest absolute Gasteiger partial charge is 0.264 e. The van der Waals surface area contributed by atoms with Crippen molar-refractivity contribution in [3.05, 3.63) is 158 Å². The summed E-state index contributed by atoms with van der Waals surface area (Å²) in [5, 5.41) is 12.4. The molecule has 0 saturated carbocycles. The Balaban J connectivity index is 1.29. The summed E-state index contributed by atoms with van der Waals surface area (Å²) < 4.78 is 0. The lowest BCUT2D eigenvalue weighted by Gasteiger charge is -2.16.